The van der Waals surface area contributed by atoms with E-state index in [1.165, 1.54) is 22.3 Å². The summed E-state index contributed by atoms with van der Waals surface area (Å²) in [5, 5.41) is 6.82. The van der Waals surface area contributed by atoms with E-state index in [9.17, 15) is 0 Å². The van der Waals surface area contributed by atoms with Gasteiger partial charge < -0.3 is 0 Å². The number of hydrazone groups is 1. The Labute approximate surface area is 113 Å². The zero-order valence-electron chi connectivity index (χ0n) is 11.0. The SMILES string of the molecule is Cc1ccc([C@H]2C=NN3Cc4ccccc4[C@@H]23)cc1. The molecule has 2 aliphatic rings. The maximum atomic E-state index is 4.60. The van der Waals surface area contributed by atoms with Gasteiger partial charge >= 0.3 is 0 Å². The quantitative estimate of drug-likeness (QED) is 0.752. The summed E-state index contributed by atoms with van der Waals surface area (Å²) in [7, 11) is 0. The molecule has 0 amide bonds. The Morgan fingerprint density at radius 3 is 2.68 bits per heavy atom. The molecule has 4 rings (SSSR count). The first-order chi connectivity index (χ1) is 9.33. The summed E-state index contributed by atoms with van der Waals surface area (Å²) >= 11 is 0. The van der Waals surface area contributed by atoms with Crippen molar-refractivity contribution in [2.75, 3.05) is 0 Å². The van der Waals surface area contributed by atoms with Gasteiger partial charge in [-0.15, -0.1) is 0 Å². The number of nitrogens with zero attached hydrogens (tertiary/aromatic N) is 2. The molecule has 2 aliphatic heterocycles. The van der Waals surface area contributed by atoms with Crippen molar-refractivity contribution in [2.24, 2.45) is 5.10 Å². The van der Waals surface area contributed by atoms with Crippen LogP contribution in [0.2, 0.25) is 0 Å². The predicted molar refractivity (Wildman–Crippen MR) is 77.1 cm³/mol. The van der Waals surface area contributed by atoms with Crippen molar-refractivity contribution in [1.29, 1.82) is 0 Å². The molecule has 0 spiro atoms. The number of hydrogen-bond donors (Lipinski definition) is 0. The molecule has 0 aromatic heterocycles. The molecule has 2 aromatic rings. The summed E-state index contributed by atoms with van der Waals surface area (Å²) < 4.78 is 0. The zero-order valence-corrected chi connectivity index (χ0v) is 11.0. The molecule has 0 bridgehead atoms. The Balaban J connectivity index is 1.76. The van der Waals surface area contributed by atoms with E-state index in [1.54, 1.807) is 0 Å². The van der Waals surface area contributed by atoms with E-state index >= 15 is 0 Å². The third kappa shape index (κ3) is 1.60. The highest BCUT2D eigenvalue weighted by atomic mass is 15.5. The van der Waals surface area contributed by atoms with E-state index in [0.717, 1.165) is 6.54 Å². The lowest BCUT2D eigenvalue weighted by Gasteiger charge is -2.21. The Hall–Kier alpha value is -2.09. The lowest BCUT2D eigenvalue weighted by molar-refractivity contribution is 0.243. The predicted octanol–water partition coefficient (Wildman–Crippen LogP) is 3.63. The van der Waals surface area contributed by atoms with Gasteiger partial charge in [-0.2, -0.15) is 5.10 Å². The van der Waals surface area contributed by atoms with Gasteiger partial charge in [0.2, 0.25) is 0 Å². The summed E-state index contributed by atoms with van der Waals surface area (Å²) in [6.45, 7) is 3.07. The van der Waals surface area contributed by atoms with Gasteiger partial charge in [0.1, 0.15) is 0 Å². The first-order valence-corrected chi connectivity index (χ1v) is 6.78. The van der Waals surface area contributed by atoms with Gasteiger partial charge in [0.15, 0.2) is 0 Å². The van der Waals surface area contributed by atoms with Gasteiger partial charge in [-0.3, -0.25) is 5.01 Å². The minimum Gasteiger partial charge on any atom is -0.284 e. The van der Waals surface area contributed by atoms with Crippen molar-refractivity contribution in [3.63, 3.8) is 0 Å². The molecular formula is C17H16N2. The van der Waals surface area contributed by atoms with E-state index in [2.05, 4.69) is 71.8 Å². The van der Waals surface area contributed by atoms with E-state index < -0.39 is 0 Å². The van der Waals surface area contributed by atoms with Crippen molar-refractivity contribution >= 4 is 6.21 Å². The molecule has 0 aliphatic carbocycles. The van der Waals surface area contributed by atoms with Gasteiger partial charge in [-0.05, 0) is 23.6 Å². The second-order valence-electron chi connectivity index (χ2n) is 5.44. The van der Waals surface area contributed by atoms with Crippen LogP contribution < -0.4 is 0 Å². The van der Waals surface area contributed by atoms with E-state index in [1.807, 2.05) is 0 Å². The van der Waals surface area contributed by atoms with Gasteiger partial charge in [-0.25, -0.2) is 0 Å². The first-order valence-electron chi connectivity index (χ1n) is 6.78. The van der Waals surface area contributed by atoms with Crippen molar-refractivity contribution in [3.05, 3.63) is 70.8 Å². The largest absolute Gasteiger partial charge is 0.284 e. The minimum atomic E-state index is 0.379. The van der Waals surface area contributed by atoms with Crippen molar-refractivity contribution in [2.45, 2.75) is 25.4 Å². The number of hydrogen-bond acceptors (Lipinski definition) is 2. The number of benzene rings is 2. The van der Waals surface area contributed by atoms with E-state index in [4.69, 9.17) is 0 Å². The third-order valence-electron chi connectivity index (χ3n) is 4.21. The topological polar surface area (TPSA) is 15.6 Å². The van der Waals surface area contributed by atoms with Crippen molar-refractivity contribution in [3.8, 4) is 0 Å². The molecule has 94 valence electrons. The van der Waals surface area contributed by atoms with Crippen LogP contribution in [-0.2, 0) is 6.54 Å². The molecule has 0 radical (unpaired) electrons. The van der Waals surface area contributed by atoms with Crippen LogP contribution in [0.5, 0.6) is 0 Å². The summed E-state index contributed by atoms with van der Waals surface area (Å²) in [5.74, 6) is 0.379. The highest BCUT2D eigenvalue weighted by Gasteiger charge is 2.38. The van der Waals surface area contributed by atoms with Crippen LogP contribution in [0.1, 0.15) is 34.2 Å². The Morgan fingerprint density at radius 2 is 1.84 bits per heavy atom. The highest BCUT2D eigenvalue weighted by Crippen LogP contribution is 2.45. The van der Waals surface area contributed by atoms with Gasteiger partial charge in [-0.1, -0.05) is 54.1 Å². The Morgan fingerprint density at radius 1 is 1.05 bits per heavy atom. The van der Waals surface area contributed by atoms with Crippen LogP contribution in [0.4, 0.5) is 0 Å². The fourth-order valence-electron chi connectivity index (χ4n) is 3.19. The highest BCUT2D eigenvalue weighted by molar-refractivity contribution is 5.72. The van der Waals surface area contributed by atoms with Crippen molar-refractivity contribution in [1.82, 2.24) is 5.01 Å². The molecular weight excluding hydrogens is 232 g/mol. The summed E-state index contributed by atoms with van der Waals surface area (Å²) in [4.78, 5) is 0. The van der Waals surface area contributed by atoms with Crippen LogP contribution in [0.15, 0.2) is 53.6 Å². The standard InChI is InChI=1S/C17H16N2/c1-12-6-8-13(9-7-12)16-10-18-19-11-14-4-2-3-5-15(14)17(16)19/h2-10,16-17H,11H2,1H3/t16-,17+/m1/s1. The second-order valence-corrected chi connectivity index (χ2v) is 5.44. The molecule has 0 saturated heterocycles. The minimum absolute atomic E-state index is 0.379. The average Bonchev–Trinajstić information content (AvgIpc) is 2.98. The molecule has 19 heavy (non-hydrogen) atoms. The van der Waals surface area contributed by atoms with Crippen LogP contribution in [0.3, 0.4) is 0 Å². The second kappa shape index (κ2) is 3.95. The smallest absolute Gasteiger partial charge is 0.0846 e. The number of aryl methyl sites for hydroxylation is 1. The summed E-state index contributed by atoms with van der Waals surface area (Å²) in [5.41, 5.74) is 5.52. The maximum absolute atomic E-state index is 4.60. The van der Waals surface area contributed by atoms with E-state index in [-0.39, 0.29) is 0 Å². The lowest BCUT2D eigenvalue weighted by Crippen LogP contribution is -2.15. The molecule has 0 fully saturated rings. The molecule has 2 atom stereocenters. The van der Waals surface area contributed by atoms with Gasteiger partial charge in [0.05, 0.1) is 12.6 Å². The summed E-state index contributed by atoms with van der Waals surface area (Å²) in [6, 6.07) is 17.9. The fraction of sp³-hybridized carbons (Fsp3) is 0.235. The molecule has 2 heterocycles. The van der Waals surface area contributed by atoms with Crippen LogP contribution in [0.25, 0.3) is 0 Å². The Bertz CT molecular complexity index is 643. The summed E-state index contributed by atoms with van der Waals surface area (Å²) in [6.07, 6.45) is 2.10. The maximum Gasteiger partial charge on any atom is 0.0846 e. The van der Waals surface area contributed by atoms with Crippen LogP contribution in [-0.4, -0.2) is 11.2 Å². The van der Waals surface area contributed by atoms with Crippen LogP contribution >= 0.6 is 0 Å². The van der Waals surface area contributed by atoms with Gasteiger partial charge in [0, 0.05) is 12.1 Å². The monoisotopic (exact) mass is 248 g/mol. The molecule has 2 aromatic carbocycles. The molecule has 2 heteroatoms. The third-order valence-corrected chi connectivity index (χ3v) is 4.21. The van der Waals surface area contributed by atoms with E-state index in [0.29, 0.717) is 12.0 Å². The van der Waals surface area contributed by atoms with Gasteiger partial charge in [0.25, 0.3) is 0 Å². The first kappa shape index (κ1) is 10.8. The number of fused-ring (bicyclic) bond motifs is 3. The fourth-order valence-corrected chi connectivity index (χ4v) is 3.19. The molecule has 0 N–H and O–H groups in total. The van der Waals surface area contributed by atoms with Crippen LogP contribution in [0, 0.1) is 6.92 Å². The molecule has 0 unspecified atom stereocenters. The Kier molecular flexibility index (Phi) is 2.25. The lowest BCUT2D eigenvalue weighted by atomic mass is 9.88. The molecule has 2 nitrogen and oxygen atoms in total. The number of rotatable bonds is 1. The normalized spacial score (nSPS) is 23.5. The zero-order chi connectivity index (χ0) is 12.8. The van der Waals surface area contributed by atoms with Crippen molar-refractivity contribution < 1.29 is 0 Å². The molecule has 0 saturated carbocycles. The average molecular weight is 248 g/mol.